The van der Waals surface area contributed by atoms with Crippen molar-refractivity contribution >= 4 is 17.6 Å². The van der Waals surface area contributed by atoms with Gasteiger partial charge in [-0.05, 0) is 68.9 Å². The van der Waals surface area contributed by atoms with Gasteiger partial charge in [0.25, 0.3) is 0 Å². The van der Waals surface area contributed by atoms with Crippen LogP contribution in [0.15, 0.2) is 29.3 Å². The summed E-state index contributed by atoms with van der Waals surface area (Å²) >= 11 is 1.60. The van der Waals surface area contributed by atoms with Crippen LogP contribution in [0, 0.1) is 22.7 Å². The maximum Gasteiger partial charge on any atom is 0.148 e. The summed E-state index contributed by atoms with van der Waals surface area (Å²) in [6.45, 7) is 7.14. The van der Waals surface area contributed by atoms with Gasteiger partial charge in [0.1, 0.15) is 23.0 Å². The predicted molar refractivity (Wildman–Crippen MR) is 138 cm³/mol. The third-order valence-corrected chi connectivity index (χ3v) is 8.07. The molecule has 2 aromatic rings. The van der Waals surface area contributed by atoms with Crippen LogP contribution in [-0.2, 0) is 18.7 Å². The van der Waals surface area contributed by atoms with Crippen LogP contribution >= 0.6 is 11.8 Å². The number of nitrogens with zero attached hydrogens (tertiary/aromatic N) is 5. The SMILES string of the molecule is CCc1c(C#N)c(SCc2ccc(CNC)cc2)nc(N2CCC(N3CCCC3)CC2)c1C#N. The second-order valence-electron chi connectivity index (χ2n) is 9.14. The molecule has 3 heterocycles. The number of piperidine rings is 1. The van der Waals surface area contributed by atoms with Crippen LogP contribution in [0.4, 0.5) is 5.82 Å². The first-order valence-corrected chi connectivity index (χ1v) is 13.4. The second kappa shape index (κ2) is 11.7. The van der Waals surface area contributed by atoms with Crippen molar-refractivity contribution in [1.29, 1.82) is 10.5 Å². The molecule has 2 saturated heterocycles. The van der Waals surface area contributed by atoms with E-state index in [0.29, 0.717) is 23.6 Å². The Bertz CT molecular complexity index is 1050. The highest BCUT2D eigenvalue weighted by Crippen LogP contribution is 2.35. The number of nitriles is 2. The fraction of sp³-hybridized carbons (Fsp3) is 0.519. The van der Waals surface area contributed by atoms with Gasteiger partial charge in [0, 0.05) is 31.4 Å². The average Bonchev–Trinajstić information content (AvgIpc) is 3.42. The van der Waals surface area contributed by atoms with Crippen molar-refractivity contribution in [3.8, 4) is 12.1 Å². The molecular weight excluding hydrogens is 440 g/mol. The maximum absolute atomic E-state index is 10.0. The molecule has 6 nitrogen and oxygen atoms in total. The molecule has 7 heteroatoms. The van der Waals surface area contributed by atoms with Crippen molar-refractivity contribution in [3.05, 3.63) is 52.1 Å². The highest BCUT2D eigenvalue weighted by Gasteiger charge is 2.29. The molecule has 2 fully saturated rings. The van der Waals surface area contributed by atoms with Crippen LogP contribution in [0.1, 0.15) is 60.4 Å². The Hall–Kier alpha value is -2.58. The van der Waals surface area contributed by atoms with Crippen LogP contribution < -0.4 is 10.2 Å². The minimum atomic E-state index is 0.562. The van der Waals surface area contributed by atoms with E-state index < -0.39 is 0 Å². The first-order chi connectivity index (χ1) is 16.7. The van der Waals surface area contributed by atoms with Gasteiger partial charge < -0.3 is 15.1 Å². The first-order valence-electron chi connectivity index (χ1n) is 12.4. The predicted octanol–water partition coefficient (Wildman–Crippen LogP) is 4.46. The Balaban J connectivity index is 1.56. The summed E-state index contributed by atoms with van der Waals surface area (Å²) in [6.07, 6.45) is 5.49. The Morgan fingerprint density at radius 3 is 2.24 bits per heavy atom. The molecule has 0 amide bonds. The van der Waals surface area contributed by atoms with E-state index in [1.165, 1.54) is 37.1 Å². The lowest BCUT2D eigenvalue weighted by molar-refractivity contribution is 0.207. The quantitative estimate of drug-likeness (QED) is 0.566. The number of thioether (sulfide) groups is 1. The highest BCUT2D eigenvalue weighted by molar-refractivity contribution is 7.98. The maximum atomic E-state index is 10.0. The Morgan fingerprint density at radius 2 is 1.65 bits per heavy atom. The van der Waals surface area contributed by atoms with Crippen molar-refractivity contribution in [2.24, 2.45) is 0 Å². The molecule has 34 heavy (non-hydrogen) atoms. The fourth-order valence-electron chi connectivity index (χ4n) is 5.18. The monoisotopic (exact) mass is 474 g/mol. The lowest BCUT2D eigenvalue weighted by Gasteiger charge is -2.37. The summed E-state index contributed by atoms with van der Waals surface area (Å²) in [5.74, 6) is 1.51. The molecule has 0 bridgehead atoms. The lowest BCUT2D eigenvalue weighted by Crippen LogP contribution is -2.44. The lowest BCUT2D eigenvalue weighted by atomic mass is 9.99. The third-order valence-electron chi connectivity index (χ3n) is 7.03. The van der Waals surface area contributed by atoms with E-state index in [2.05, 4.69) is 51.5 Å². The average molecular weight is 475 g/mol. The molecule has 4 rings (SSSR count). The van der Waals surface area contributed by atoms with Crippen molar-refractivity contribution in [2.75, 3.05) is 38.1 Å². The molecular formula is C27H34N6S. The van der Waals surface area contributed by atoms with Crippen LogP contribution in [0.25, 0.3) is 0 Å². The van der Waals surface area contributed by atoms with Gasteiger partial charge in [0.2, 0.25) is 0 Å². The van der Waals surface area contributed by atoms with Gasteiger partial charge in [-0.25, -0.2) is 4.98 Å². The van der Waals surface area contributed by atoms with Gasteiger partial charge in [-0.1, -0.05) is 31.2 Å². The van der Waals surface area contributed by atoms with Gasteiger partial charge in [-0.2, -0.15) is 10.5 Å². The zero-order valence-corrected chi connectivity index (χ0v) is 21.1. The summed E-state index contributed by atoms with van der Waals surface area (Å²) in [4.78, 5) is 9.87. The summed E-state index contributed by atoms with van der Waals surface area (Å²) in [5, 5.41) is 23.9. The number of likely N-dealkylation sites (tertiary alicyclic amines) is 1. The number of nitrogens with one attached hydrogen (secondary N) is 1. The number of benzene rings is 1. The fourth-order valence-corrected chi connectivity index (χ4v) is 6.14. The number of anilines is 1. The second-order valence-corrected chi connectivity index (χ2v) is 10.1. The molecule has 0 radical (unpaired) electrons. The summed E-state index contributed by atoms with van der Waals surface area (Å²) < 4.78 is 0. The van der Waals surface area contributed by atoms with E-state index in [0.717, 1.165) is 54.6 Å². The topological polar surface area (TPSA) is 79.0 Å². The number of pyridine rings is 1. The molecule has 0 saturated carbocycles. The van der Waals surface area contributed by atoms with E-state index in [1.54, 1.807) is 11.8 Å². The Labute approximate surface area is 208 Å². The largest absolute Gasteiger partial charge is 0.355 e. The van der Waals surface area contributed by atoms with Crippen molar-refractivity contribution in [1.82, 2.24) is 15.2 Å². The van der Waals surface area contributed by atoms with E-state index >= 15 is 0 Å². The first kappa shape index (κ1) is 24.5. The highest BCUT2D eigenvalue weighted by atomic mass is 32.2. The number of hydrogen-bond donors (Lipinski definition) is 1. The van der Waals surface area contributed by atoms with Gasteiger partial charge in [0.05, 0.1) is 11.1 Å². The summed E-state index contributed by atoms with van der Waals surface area (Å²) in [6, 6.07) is 13.9. The molecule has 0 aliphatic carbocycles. The van der Waals surface area contributed by atoms with E-state index in [9.17, 15) is 10.5 Å². The van der Waals surface area contributed by atoms with Gasteiger partial charge in [0.15, 0.2) is 0 Å². The van der Waals surface area contributed by atoms with E-state index in [1.807, 2.05) is 14.0 Å². The third kappa shape index (κ3) is 5.39. The van der Waals surface area contributed by atoms with Crippen molar-refractivity contribution in [3.63, 3.8) is 0 Å². The molecule has 1 N–H and O–H groups in total. The number of hydrogen-bond acceptors (Lipinski definition) is 7. The van der Waals surface area contributed by atoms with Crippen molar-refractivity contribution in [2.45, 2.75) is 62.4 Å². The molecule has 0 atom stereocenters. The molecule has 2 aliphatic heterocycles. The molecule has 178 valence electrons. The minimum absolute atomic E-state index is 0.562. The Morgan fingerprint density at radius 1 is 1.00 bits per heavy atom. The standard InChI is InChI=1S/C27H34N6S/c1-3-23-24(16-28)26(33-14-10-22(11-15-33)32-12-4-5-13-32)31-27(25(23)17-29)34-19-21-8-6-20(7-9-21)18-30-2/h6-9,22,30H,3-5,10-15,18-19H2,1-2H3. The molecule has 1 aromatic carbocycles. The minimum Gasteiger partial charge on any atom is -0.355 e. The molecule has 1 aromatic heterocycles. The summed E-state index contributed by atoms with van der Waals surface area (Å²) in [7, 11) is 1.95. The van der Waals surface area contributed by atoms with Crippen LogP contribution in [0.2, 0.25) is 0 Å². The van der Waals surface area contributed by atoms with E-state index in [4.69, 9.17) is 4.98 Å². The molecule has 0 spiro atoms. The Kier molecular flexibility index (Phi) is 8.45. The molecule has 2 aliphatic rings. The van der Waals surface area contributed by atoms with Crippen LogP contribution in [0.3, 0.4) is 0 Å². The smallest absolute Gasteiger partial charge is 0.148 e. The number of rotatable bonds is 8. The van der Waals surface area contributed by atoms with E-state index in [-0.39, 0.29) is 0 Å². The number of aromatic nitrogens is 1. The molecule has 0 unspecified atom stereocenters. The normalized spacial score (nSPS) is 17.0. The van der Waals surface area contributed by atoms with Gasteiger partial charge in [-0.15, -0.1) is 11.8 Å². The van der Waals surface area contributed by atoms with Crippen molar-refractivity contribution < 1.29 is 0 Å². The summed E-state index contributed by atoms with van der Waals surface area (Å²) in [5.41, 5.74) is 4.43. The van der Waals surface area contributed by atoms with Gasteiger partial charge in [-0.3, -0.25) is 0 Å². The zero-order chi connectivity index (χ0) is 23.9. The van der Waals surface area contributed by atoms with Crippen LogP contribution in [0.5, 0.6) is 0 Å². The zero-order valence-electron chi connectivity index (χ0n) is 20.3. The van der Waals surface area contributed by atoms with Gasteiger partial charge >= 0.3 is 0 Å². The van der Waals surface area contributed by atoms with Crippen LogP contribution in [-0.4, -0.2) is 49.2 Å².